The van der Waals surface area contributed by atoms with Gasteiger partial charge in [-0.25, -0.2) is 8.42 Å². The molecule has 3 aromatic rings. The van der Waals surface area contributed by atoms with E-state index in [0.717, 1.165) is 49.5 Å². The number of hydrogen-bond donors (Lipinski definition) is 1. The van der Waals surface area contributed by atoms with Gasteiger partial charge in [0.05, 0.1) is 16.4 Å². The van der Waals surface area contributed by atoms with Crippen LogP contribution < -0.4 is 5.32 Å². The average Bonchev–Trinajstić information content (AvgIpc) is 3.31. The minimum atomic E-state index is -3.24. The van der Waals surface area contributed by atoms with Crippen molar-refractivity contribution in [3.05, 3.63) is 86.1 Å². The van der Waals surface area contributed by atoms with E-state index in [9.17, 15) is 13.2 Å². The topological polar surface area (TPSA) is 75.7 Å². The Kier molecular flexibility index (Phi) is 7.25. The zero-order valence-corrected chi connectivity index (χ0v) is 22.5. The molecule has 190 valence electrons. The SMILES string of the molecule is CS(=O)(=O)c1ccc(CNC(=O)c2cc3c(s2)C2(CCN(Cc4ccc(Cl)cc4)CC2)OCC3)cc1. The lowest BCUT2D eigenvalue weighted by molar-refractivity contribution is -0.0960. The number of nitrogens with one attached hydrogen (secondary N) is 1. The molecule has 0 saturated carbocycles. The molecule has 9 heteroatoms. The van der Waals surface area contributed by atoms with Gasteiger partial charge in [-0.05, 0) is 66.3 Å². The number of sulfone groups is 1. The van der Waals surface area contributed by atoms with Crippen LogP contribution in [0.4, 0.5) is 0 Å². The Morgan fingerprint density at radius 3 is 2.42 bits per heavy atom. The van der Waals surface area contributed by atoms with Crippen LogP contribution in [0.15, 0.2) is 59.5 Å². The van der Waals surface area contributed by atoms with Crippen LogP contribution in [0.5, 0.6) is 0 Å². The quantitative estimate of drug-likeness (QED) is 0.482. The number of halogens is 1. The molecule has 5 rings (SSSR count). The van der Waals surface area contributed by atoms with E-state index in [4.69, 9.17) is 16.3 Å². The van der Waals surface area contributed by atoms with Gasteiger partial charge in [-0.15, -0.1) is 11.3 Å². The summed E-state index contributed by atoms with van der Waals surface area (Å²) in [6.45, 7) is 3.78. The molecule has 6 nitrogen and oxygen atoms in total. The molecule has 1 amide bonds. The van der Waals surface area contributed by atoms with Gasteiger partial charge in [0.25, 0.3) is 5.91 Å². The van der Waals surface area contributed by atoms with Crippen LogP contribution in [-0.4, -0.2) is 45.2 Å². The van der Waals surface area contributed by atoms with Crippen molar-refractivity contribution in [2.24, 2.45) is 0 Å². The summed E-state index contributed by atoms with van der Waals surface area (Å²) >= 11 is 7.56. The third kappa shape index (κ3) is 5.53. The second-order valence-corrected chi connectivity index (χ2v) is 13.1. The molecule has 36 heavy (non-hydrogen) atoms. The highest BCUT2D eigenvalue weighted by molar-refractivity contribution is 7.90. The van der Waals surface area contributed by atoms with E-state index in [0.29, 0.717) is 18.0 Å². The highest BCUT2D eigenvalue weighted by Gasteiger charge is 2.42. The number of rotatable bonds is 6. The average molecular weight is 545 g/mol. The molecule has 0 radical (unpaired) electrons. The van der Waals surface area contributed by atoms with Gasteiger partial charge >= 0.3 is 0 Å². The number of amides is 1. The molecule has 1 saturated heterocycles. The molecule has 2 aromatic carbocycles. The fourth-order valence-corrected chi connectivity index (χ4v) is 7.03. The summed E-state index contributed by atoms with van der Waals surface area (Å²) in [6.07, 6.45) is 3.81. The summed E-state index contributed by atoms with van der Waals surface area (Å²) in [6, 6.07) is 16.6. The summed E-state index contributed by atoms with van der Waals surface area (Å²) < 4.78 is 29.7. The van der Waals surface area contributed by atoms with Gasteiger partial charge in [0.2, 0.25) is 0 Å². The third-order valence-electron chi connectivity index (χ3n) is 6.98. The first kappa shape index (κ1) is 25.4. The molecule has 0 bridgehead atoms. The molecule has 2 aliphatic rings. The second-order valence-electron chi connectivity index (χ2n) is 9.56. The Morgan fingerprint density at radius 2 is 1.75 bits per heavy atom. The van der Waals surface area contributed by atoms with Crippen LogP contribution in [0.25, 0.3) is 0 Å². The number of carbonyl (C=O) groups excluding carboxylic acids is 1. The van der Waals surface area contributed by atoms with Gasteiger partial charge in [-0.3, -0.25) is 9.69 Å². The first-order chi connectivity index (χ1) is 17.2. The number of nitrogens with zero attached hydrogens (tertiary/aromatic N) is 1. The van der Waals surface area contributed by atoms with Crippen LogP contribution in [0.2, 0.25) is 5.02 Å². The highest BCUT2D eigenvalue weighted by Crippen LogP contribution is 2.45. The number of hydrogen-bond acceptors (Lipinski definition) is 6. The number of benzene rings is 2. The number of carbonyl (C=O) groups is 1. The van der Waals surface area contributed by atoms with E-state index in [1.165, 1.54) is 22.3 Å². The number of fused-ring (bicyclic) bond motifs is 2. The summed E-state index contributed by atoms with van der Waals surface area (Å²) in [5.41, 5.74) is 3.01. The van der Waals surface area contributed by atoms with Crippen LogP contribution in [0, 0.1) is 0 Å². The molecule has 1 fully saturated rings. The Bertz CT molecular complexity index is 1340. The fraction of sp³-hybridized carbons (Fsp3) is 0.370. The fourth-order valence-electron chi connectivity index (χ4n) is 4.95. The van der Waals surface area contributed by atoms with Crippen LogP contribution in [0.1, 0.15) is 44.1 Å². The molecule has 0 aliphatic carbocycles. The minimum Gasteiger partial charge on any atom is -0.369 e. The Labute approximate surface area is 221 Å². The number of piperidine rings is 1. The Balaban J connectivity index is 1.23. The zero-order valence-electron chi connectivity index (χ0n) is 20.1. The van der Waals surface area contributed by atoms with Gasteiger partial charge in [0.1, 0.15) is 5.60 Å². The van der Waals surface area contributed by atoms with E-state index in [2.05, 4.69) is 22.3 Å². The maximum atomic E-state index is 13.0. The first-order valence-corrected chi connectivity index (χ1v) is 15.1. The van der Waals surface area contributed by atoms with Gasteiger partial charge in [-0.1, -0.05) is 35.9 Å². The number of likely N-dealkylation sites (tertiary alicyclic amines) is 1. The third-order valence-corrected chi connectivity index (χ3v) is 9.73. The standard InChI is InChI=1S/C27H29ClN2O4S2/c1-36(32,33)23-8-4-19(5-9-23)17-29-26(31)24-16-21-10-15-34-27(25(21)35-24)11-13-30(14-12-27)18-20-2-6-22(28)7-3-20/h2-9,16H,10-15,17-18H2,1H3,(H,29,31). The van der Waals surface area contributed by atoms with Crippen molar-refractivity contribution in [1.82, 2.24) is 10.2 Å². The van der Waals surface area contributed by atoms with Gasteiger partial charge < -0.3 is 10.1 Å². The molecule has 1 spiro atoms. The van der Waals surface area contributed by atoms with Gasteiger partial charge in [0, 0.05) is 42.3 Å². The lowest BCUT2D eigenvalue weighted by Crippen LogP contribution is -2.45. The van der Waals surface area contributed by atoms with E-state index in [1.54, 1.807) is 35.6 Å². The van der Waals surface area contributed by atoms with Gasteiger partial charge in [0.15, 0.2) is 9.84 Å². The minimum absolute atomic E-state index is 0.114. The monoisotopic (exact) mass is 544 g/mol. The maximum absolute atomic E-state index is 13.0. The van der Waals surface area contributed by atoms with E-state index in [-0.39, 0.29) is 16.4 Å². The predicted octanol–water partition coefficient (Wildman–Crippen LogP) is 4.80. The Morgan fingerprint density at radius 1 is 1.08 bits per heavy atom. The largest absolute Gasteiger partial charge is 0.369 e. The van der Waals surface area contributed by atoms with Crippen LogP contribution in [0.3, 0.4) is 0 Å². The van der Waals surface area contributed by atoms with Crippen LogP contribution in [-0.2, 0) is 39.7 Å². The lowest BCUT2D eigenvalue weighted by Gasteiger charge is -2.43. The molecular formula is C27H29ClN2O4S2. The van der Waals surface area contributed by atoms with Crippen LogP contribution >= 0.6 is 22.9 Å². The molecule has 0 unspecified atom stereocenters. The van der Waals surface area contributed by atoms with E-state index < -0.39 is 9.84 Å². The smallest absolute Gasteiger partial charge is 0.261 e. The molecular weight excluding hydrogens is 516 g/mol. The van der Waals surface area contributed by atoms with E-state index in [1.807, 2.05) is 18.2 Å². The molecule has 1 aromatic heterocycles. The normalized spacial score (nSPS) is 17.6. The zero-order chi connectivity index (χ0) is 25.3. The summed E-state index contributed by atoms with van der Waals surface area (Å²) in [5.74, 6) is -0.114. The van der Waals surface area contributed by atoms with E-state index >= 15 is 0 Å². The molecule has 0 atom stereocenters. The summed E-state index contributed by atoms with van der Waals surface area (Å²) in [5, 5.41) is 3.73. The van der Waals surface area contributed by atoms with Crippen molar-refractivity contribution in [2.75, 3.05) is 26.0 Å². The summed E-state index contributed by atoms with van der Waals surface area (Å²) in [7, 11) is -3.24. The molecule has 2 aliphatic heterocycles. The lowest BCUT2D eigenvalue weighted by atomic mass is 9.85. The summed E-state index contributed by atoms with van der Waals surface area (Å²) in [4.78, 5) is 17.6. The molecule has 1 N–H and O–H groups in total. The van der Waals surface area contributed by atoms with Gasteiger partial charge in [-0.2, -0.15) is 0 Å². The van der Waals surface area contributed by atoms with Crippen molar-refractivity contribution >= 4 is 38.7 Å². The van der Waals surface area contributed by atoms with Crippen molar-refractivity contribution in [3.8, 4) is 0 Å². The molecule has 3 heterocycles. The predicted molar refractivity (Wildman–Crippen MR) is 142 cm³/mol. The first-order valence-electron chi connectivity index (χ1n) is 12.0. The van der Waals surface area contributed by atoms with Crippen molar-refractivity contribution in [2.45, 2.75) is 42.8 Å². The van der Waals surface area contributed by atoms with Crippen molar-refractivity contribution in [3.63, 3.8) is 0 Å². The second kappa shape index (κ2) is 10.3. The maximum Gasteiger partial charge on any atom is 0.261 e. The number of thiophene rings is 1. The van der Waals surface area contributed by atoms with Crippen molar-refractivity contribution < 1.29 is 17.9 Å². The Hall–Kier alpha value is -2.23. The van der Waals surface area contributed by atoms with Crippen molar-refractivity contribution in [1.29, 1.82) is 0 Å². The highest BCUT2D eigenvalue weighted by atomic mass is 35.5. The number of ether oxygens (including phenoxy) is 1.